The summed E-state index contributed by atoms with van der Waals surface area (Å²) in [7, 11) is 1.50. The monoisotopic (exact) mass is 371 g/mol. The second kappa shape index (κ2) is 9.75. The smallest absolute Gasteiger partial charge is 0.325 e. The Bertz CT molecular complexity index is 673. The molecule has 0 atom stereocenters. The van der Waals surface area contributed by atoms with Gasteiger partial charge in [0, 0.05) is 18.6 Å². The first-order valence-electron chi connectivity index (χ1n) is 6.85. The molecule has 1 aromatic rings. The van der Waals surface area contributed by atoms with Gasteiger partial charge in [0.05, 0.1) is 23.1 Å². The molecule has 24 heavy (non-hydrogen) atoms. The third kappa shape index (κ3) is 6.44. The Kier molecular flexibility index (Phi) is 8.02. The summed E-state index contributed by atoms with van der Waals surface area (Å²) in [4.78, 5) is 36.3. The zero-order valence-corrected chi connectivity index (χ0v) is 14.4. The van der Waals surface area contributed by atoms with Gasteiger partial charge in [-0.05, 0) is 18.2 Å². The molecule has 0 fully saturated rings. The zero-order valence-electron chi connectivity index (χ0n) is 12.8. The SMILES string of the molecule is CN(CCC#N)C(=O)COC(=O)CNC(=O)c1ccc(Cl)cc1Cl. The van der Waals surface area contributed by atoms with Crippen LogP contribution < -0.4 is 5.32 Å². The van der Waals surface area contributed by atoms with Gasteiger partial charge >= 0.3 is 5.97 Å². The van der Waals surface area contributed by atoms with Gasteiger partial charge in [-0.15, -0.1) is 0 Å². The second-order valence-electron chi connectivity index (χ2n) is 4.69. The fourth-order valence-electron chi connectivity index (χ4n) is 1.57. The Morgan fingerprint density at radius 1 is 1.33 bits per heavy atom. The van der Waals surface area contributed by atoms with Crippen LogP contribution in [0.5, 0.6) is 0 Å². The van der Waals surface area contributed by atoms with Gasteiger partial charge in [0.2, 0.25) is 0 Å². The number of hydrogen-bond donors (Lipinski definition) is 1. The minimum Gasteiger partial charge on any atom is -0.454 e. The van der Waals surface area contributed by atoms with Gasteiger partial charge < -0.3 is 15.0 Å². The summed E-state index contributed by atoms with van der Waals surface area (Å²) in [6.07, 6.45) is 0.189. The number of ether oxygens (including phenoxy) is 1. The molecule has 0 saturated carbocycles. The summed E-state index contributed by atoms with van der Waals surface area (Å²) in [5, 5.41) is 11.3. The highest BCUT2D eigenvalue weighted by molar-refractivity contribution is 6.36. The molecule has 1 N–H and O–H groups in total. The van der Waals surface area contributed by atoms with Crippen LogP contribution in [-0.4, -0.2) is 49.4 Å². The molecule has 2 amide bonds. The lowest BCUT2D eigenvalue weighted by Gasteiger charge is -2.15. The van der Waals surface area contributed by atoms with Crippen molar-refractivity contribution in [3.8, 4) is 6.07 Å². The first-order chi connectivity index (χ1) is 11.3. The van der Waals surface area contributed by atoms with Gasteiger partial charge in [-0.3, -0.25) is 14.4 Å². The molecule has 0 aromatic heterocycles. The molecule has 9 heteroatoms. The number of nitriles is 1. The van der Waals surface area contributed by atoms with E-state index in [1.54, 1.807) is 0 Å². The number of nitrogens with zero attached hydrogens (tertiary/aromatic N) is 2. The highest BCUT2D eigenvalue weighted by atomic mass is 35.5. The van der Waals surface area contributed by atoms with Gasteiger partial charge in [0.25, 0.3) is 11.8 Å². The maximum atomic E-state index is 11.9. The standard InChI is InChI=1S/C15H15Cl2N3O4/c1-20(6-2-5-18)13(21)9-24-14(22)8-19-15(23)11-4-3-10(16)7-12(11)17/h3-4,7H,2,6,8-9H2,1H3,(H,19,23). The number of rotatable bonds is 7. The number of carbonyl (C=O) groups excluding carboxylic acids is 3. The molecule has 0 unspecified atom stereocenters. The lowest BCUT2D eigenvalue weighted by atomic mass is 10.2. The van der Waals surface area contributed by atoms with Gasteiger partial charge in [0.15, 0.2) is 6.61 Å². The van der Waals surface area contributed by atoms with Crippen LogP contribution in [0.4, 0.5) is 0 Å². The molecular weight excluding hydrogens is 357 g/mol. The molecule has 0 bridgehead atoms. The van der Waals surface area contributed by atoms with E-state index in [-0.39, 0.29) is 23.6 Å². The molecule has 0 aliphatic carbocycles. The molecule has 0 aliphatic rings. The van der Waals surface area contributed by atoms with Crippen LogP contribution in [0.2, 0.25) is 10.0 Å². The Labute approximate surface area is 149 Å². The molecule has 0 saturated heterocycles. The van der Waals surface area contributed by atoms with Crippen molar-refractivity contribution in [3.63, 3.8) is 0 Å². The zero-order chi connectivity index (χ0) is 18.1. The molecular formula is C15H15Cl2N3O4. The number of benzene rings is 1. The van der Waals surface area contributed by atoms with Crippen molar-refractivity contribution in [2.45, 2.75) is 6.42 Å². The summed E-state index contributed by atoms with van der Waals surface area (Å²) in [5.74, 6) is -1.77. The van der Waals surface area contributed by atoms with Crippen molar-refractivity contribution in [2.75, 3.05) is 26.7 Å². The summed E-state index contributed by atoms with van der Waals surface area (Å²) in [6.45, 7) is -0.621. The first kappa shape index (κ1) is 19.7. The second-order valence-corrected chi connectivity index (χ2v) is 5.53. The van der Waals surface area contributed by atoms with Crippen LogP contribution >= 0.6 is 23.2 Å². The lowest BCUT2D eigenvalue weighted by Crippen LogP contribution is -2.35. The van der Waals surface area contributed by atoms with E-state index < -0.39 is 30.9 Å². The van der Waals surface area contributed by atoms with E-state index >= 15 is 0 Å². The number of likely N-dealkylation sites (N-methyl/N-ethyl adjacent to an activating group) is 1. The van der Waals surface area contributed by atoms with Gasteiger partial charge in [-0.25, -0.2) is 0 Å². The van der Waals surface area contributed by atoms with Crippen molar-refractivity contribution >= 4 is 41.0 Å². The van der Waals surface area contributed by atoms with Gasteiger partial charge in [-0.2, -0.15) is 5.26 Å². The van der Waals surface area contributed by atoms with Crippen molar-refractivity contribution in [3.05, 3.63) is 33.8 Å². The number of esters is 1. The van der Waals surface area contributed by atoms with E-state index in [0.29, 0.717) is 5.02 Å². The average molecular weight is 372 g/mol. The van der Waals surface area contributed by atoms with Crippen molar-refractivity contribution in [1.29, 1.82) is 5.26 Å². The van der Waals surface area contributed by atoms with Crippen LogP contribution in [0.1, 0.15) is 16.8 Å². The molecule has 0 radical (unpaired) electrons. The minimum absolute atomic E-state index is 0.155. The van der Waals surface area contributed by atoms with Crippen molar-refractivity contribution < 1.29 is 19.1 Å². The van der Waals surface area contributed by atoms with Crippen molar-refractivity contribution in [1.82, 2.24) is 10.2 Å². The molecule has 128 valence electrons. The summed E-state index contributed by atoms with van der Waals surface area (Å²) >= 11 is 11.6. The van der Waals surface area contributed by atoms with Crippen LogP contribution in [0.15, 0.2) is 18.2 Å². The lowest BCUT2D eigenvalue weighted by molar-refractivity contribution is -0.150. The Balaban J connectivity index is 2.39. The number of halogens is 2. The molecule has 7 nitrogen and oxygen atoms in total. The van der Waals surface area contributed by atoms with E-state index in [2.05, 4.69) is 5.32 Å². The first-order valence-corrected chi connectivity index (χ1v) is 7.60. The van der Waals surface area contributed by atoms with Crippen molar-refractivity contribution in [2.24, 2.45) is 0 Å². The van der Waals surface area contributed by atoms with Crippen LogP contribution in [0, 0.1) is 11.3 Å². The quantitative estimate of drug-likeness (QED) is 0.734. The maximum absolute atomic E-state index is 11.9. The normalized spacial score (nSPS) is 9.75. The van der Waals surface area contributed by atoms with E-state index in [1.165, 1.54) is 30.1 Å². The Morgan fingerprint density at radius 2 is 2.04 bits per heavy atom. The summed E-state index contributed by atoms with van der Waals surface area (Å²) in [6, 6.07) is 6.24. The van der Waals surface area contributed by atoms with Crippen LogP contribution in [0.25, 0.3) is 0 Å². The molecule has 0 aliphatic heterocycles. The Morgan fingerprint density at radius 3 is 2.67 bits per heavy atom. The average Bonchev–Trinajstić information content (AvgIpc) is 2.55. The minimum atomic E-state index is -0.768. The van der Waals surface area contributed by atoms with Gasteiger partial charge in [0.1, 0.15) is 6.54 Å². The third-order valence-corrected chi connectivity index (χ3v) is 3.46. The fourth-order valence-corrected chi connectivity index (χ4v) is 2.06. The fraction of sp³-hybridized carbons (Fsp3) is 0.333. The summed E-state index contributed by atoms with van der Waals surface area (Å²) < 4.78 is 4.76. The number of nitrogens with one attached hydrogen (secondary N) is 1. The Hall–Kier alpha value is -2.30. The molecule has 0 heterocycles. The number of amides is 2. The predicted molar refractivity (Wildman–Crippen MR) is 87.6 cm³/mol. The number of carbonyl (C=O) groups is 3. The topological polar surface area (TPSA) is 99.5 Å². The van der Waals surface area contributed by atoms with E-state index in [9.17, 15) is 14.4 Å². The van der Waals surface area contributed by atoms with Crippen LogP contribution in [0.3, 0.4) is 0 Å². The number of hydrogen-bond acceptors (Lipinski definition) is 5. The van der Waals surface area contributed by atoms with E-state index in [0.717, 1.165) is 0 Å². The maximum Gasteiger partial charge on any atom is 0.325 e. The van der Waals surface area contributed by atoms with E-state index in [1.807, 2.05) is 6.07 Å². The predicted octanol–water partition coefficient (Wildman–Crippen LogP) is 1.64. The van der Waals surface area contributed by atoms with Crippen LogP contribution in [-0.2, 0) is 14.3 Å². The third-order valence-electron chi connectivity index (χ3n) is 2.91. The molecule has 1 rings (SSSR count). The summed E-state index contributed by atoms with van der Waals surface area (Å²) in [5.41, 5.74) is 0.168. The highest BCUT2D eigenvalue weighted by Crippen LogP contribution is 2.20. The molecule has 1 aromatic carbocycles. The largest absolute Gasteiger partial charge is 0.454 e. The highest BCUT2D eigenvalue weighted by Gasteiger charge is 2.14. The van der Waals surface area contributed by atoms with E-state index in [4.69, 9.17) is 33.2 Å². The van der Waals surface area contributed by atoms with Gasteiger partial charge in [-0.1, -0.05) is 23.2 Å². The molecule has 0 spiro atoms.